The van der Waals surface area contributed by atoms with E-state index in [2.05, 4.69) is 51.7 Å². The van der Waals surface area contributed by atoms with Gasteiger partial charge in [-0.2, -0.15) is 0 Å². The fraction of sp³-hybridized carbons (Fsp3) is 0.556. The van der Waals surface area contributed by atoms with E-state index in [1.807, 2.05) is 6.08 Å². The second kappa shape index (κ2) is 10.5. The molecule has 22 heavy (non-hydrogen) atoms. The van der Waals surface area contributed by atoms with E-state index in [0.717, 1.165) is 58.9 Å². The molecule has 0 aromatic heterocycles. The molecule has 0 spiro atoms. The minimum absolute atomic E-state index is 1.01. The van der Waals surface area contributed by atoms with Gasteiger partial charge >= 0.3 is 0 Å². The number of benzene rings is 1. The van der Waals surface area contributed by atoms with Gasteiger partial charge in [0.1, 0.15) is 0 Å². The Hall–Kier alpha value is -1.20. The number of nitrogens with one attached hydrogen (secondary N) is 3. The third kappa shape index (κ3) is 6.71. The van der Waals surface area contributed by atoms with Gasteiger partial charge in [-0.1, -0.05) is 36.9 Å². The molecule has 1 fully saturated rings. The normalized spacial score (nSPS) is 19.6. The lowest BCUT2D eigenvalue weighted by Crippen LogP contribution is -2.37. The summed E-state index contributed by atoms with van der Waals surface area (Å²) in [6.45, 7) is 13.4. The van der Waals surface area contributed by atoms with E-state index >= 15 is 0 Å². The molecule has 1 aliphatic heterocycles. The second-order valence-electron chi connectivity index (χ2n) is 5.83. The summed E-state index contributed by atoms with van der Waals surface area (Å²) in [6, 6.07) is 8.71. The van der Waals surface area contributed by atoms with Crippen molar-refractivity contribution in [2.45, 2.75) is 13.0 Å². The molecule has 0 bridgehead atoms. The van der Waals surface area contributed by atoms with Crippen LogP contribution in [0.1, 0.15) is 17.5 Å². The molecule has 0 atom stereocenters. The Labute approximate surface area is 135 Å². The van der Waals surface area contributed by atoms with E-state index in [1.165, 1.54) is 17.5 Å². The second-order valence-corrected chi connectivity index (χ2v) is 5.83. The molecular formula is C18H30N4. The molecule has 4 heteroatoms. The average Bonchev–Trinajstić information content (AvgIpc) is 2.58. The van der Waals surface area contributed by atoms with E-state index in [1.54, 1.807) is 0 Å². The first-order valence-corrected chi connectivity index (χ1v) is 8.44. The number of rotatable bonds is 3. The fourth-order valence-electron chi connectivity index (χ4n) is 2.65. The van der Waals surface area contributed by atoms with E-state index < -0.39 is 0 Å². The van der Waals surface area contributed by atoms with Crippen LogP contribution >= 0.6 is 0 Å². The zero-order valence-corrected chi connectivity index (χ0v) is 13.6. The molecule has 4 nitrogen and oxygen atoms in total. The van der Waals surface area contributed by atoms with Crippen molar-refractivity contribution in [2.75, 3.05) is 52.4 Å². The van der Waals surface area contributed by atoms with Crippen molar-refractivity contribution >= 4 is 6.08 Å². The highest BCUT2D eigenvalue weighted by Crippen LogP contribution is 2.08. The molecule has 1 aromatic rings. The molecule has 0 unspecified atom stereocenters. The third-order valence-electron chi connectivity index (χ3n) is 4.02. The summed E-state index contributed by atoms with van der Waals surface area (Å²) in [5.74, 6) is 0. The first-order valence-electron chi connectivity index (χ1n) is 8.44. The Bertz CT molecular complexity index is 402. The summed E-state index contributed by atoms with van der Waals surface area (Å²) in [5, 5.41) is 10.5. The van der Waals surface area contributed by atoms with Crippen LogP contribution in [0.4, 0.5) is 0 Å². The molecule has 0 amide bonds. The topological polar surface area (TPSA) is 39.3 Å². The van der Waals surface area contributed by atoms with Crippen molar-refractivity contribution in [3.8, 4) is 0 Å². The predicted octanol–water partition coefficient (Wildman–Crippen LogP) is 1.30. The summed E-state index contributed by atoms with van der Waals surface area (Å²) in [5.41, 5.74) is 2.56. The van der Waals surface area contributed by atoms with Crippen LogP contribution in [0.5, 0.6) is 0 Å². The maximum atomic E-state index is 3.81. The lowest BCUT2D eigenvalue weighted by Gasteiger charge is -2.23. The third-order valence-corrected chi connectivity index (χ3v) is 4.02. The Morgan fingerprint density at radius 2 is 1.45 bits per heavy atom. The van der Waals surface area contributed by atoms with Gasteiger partial charge in [-0.05, 0) is 30.6 Å². The Morgan fingerprint density at radius 3 is 2.09 bits per heavy atom. The molecular weight excluding hydrogens is 272 g/mol. The number of hydrogen-bond acceptors (Lipinski definition) is 4. The quantitative estimate of drug-likeness (QED) is 0.787. The van der Waals surface area contributed by atoms with E-state index in [-0.39, 0.29) is 0 Å². The molecule has 3 N–H and O–H groups in total. The first-order chi connectivity index (χ1) is 10.9. The summed E-state index contributed by atoms with van der Waals surface area (Å²) in [7, 11) is 0. The van der Waals surface area contributed by atoms with Crippen molar-refractivity contribution in [2.24, 2.45) is 0 Å². The standard InChI is InChI=1S/C18H30N4/c1-2-17-4-6-18(7-5-17)16-22-14-12-20-9-3-8-19-10-11-21-13-15-22/h2,4-7,19-21H,1,3,8-16H2. The minimum atomic E-state index is 1.01. The van der Waals surface area contributed by atoms with Crippen LogP contribution in [0.15, 0.2) is 30.8 Å². The molecule has 2 rings (SSSR count). The summed E-state index contributed by atoms with van der Waals surface area (Å²) >= 11 is 0. The van der Waals surface area contributed by atoms with Crippen LogP contribution < -0.4 is 16.0 Å². The number of hydrogen-bond donors (Lipinski definition) is 3. The van der Waals surface area contributed by atoms with E-state index in [4.69, 9.17) is 0 Å². The largest absolute Gasteiger partial charge is 0.315 e. The van der Waals surface area contributed by atoms with Crippen LogP contribution in [0.3, 0.4) is 0 Å². The summed E-state index contributed by atoms with van der Waals surface area (Å²) in [4.78, 5) is 2.52. The van der Waals surface area contributed by atoms with Gasteiger partial charge in [0.25, 0.3) is 0 Å². The highest BCUT2D eigenvalue weighted by molar-refractivity contribution is 5.47. The first kappa shape index (κ1) is 17.2. The van der Waals surface area contributed by atoms with E-state index in [0.29, 0.717) is 0 Å². The summed E-state index contributed by atoms with van der Waals surface area (Å²) < 4.78 is 0. The predicted molar refractivity (Wildman–Crippen MR) is 95.0 cm³/mol. The average molecular weight is 302 g/mol. The van der Waals surface area contributed by atoms with Gasteiger partial charge < -0.3 is 16.0 Å². The van der Waals surface area contributed by atoms with Crippen LogP contribution in [0.2, 0.25) is 0 Å². The van der Waals surface area contributed by atoms with Crippen molar-refractivity contribution in [3.63, 3.8) is 0 Å². The molecule has 1 saturated heterocycles. The van der Waals surface area contributed by atoms with Gasteiger partial charge in [-0.25, -0.2) is 0 Å². The van der Waals surface area contributed by atoms with E-state index in [9.17, 15) is 0 Å². The monoisotopic (exact) mass is 302 g/mol. The van der Waals surface area contributed by atoms with Crippen molar-refractivity contribution < 1.29 is 0 Å². The molecule has 1 aliphatic rings. The molecule has 0 aliphatic carbocycles. The maximum absolute atomic E-state index is 3.81. The van der Waals surface area contributed by atoms with Gasteiger partial charge in [0.05, 0.1) is 0 Å². The zero-order chi connectivity index (χ0) is 15.5. The van der Waals surface area contributed by atoms with Crippen LogP contribution in [0, 0.1) is 0 Å². The van der Waals surface area contributed by atoms with Gasteiger partial charge in [0.2, 0.25) is 0 Å². The minimum Gasteiger partial charge on any atom is -0.315 e. The highest BCUT2D eigenvalue weighted by atomic mass is 15.2. The zero-order valence-electron chi connectivity index (χ0n) is 13.6. The van der Waals surface area contributed by atoms with Crippen LogP contribution in [0.25, 0.3) is 6.08 Å². The molecule has 122 valence electrons. The maximum Gasteiger partial charge on any atom is 0.0234 e. The highest BCUT2D eigenvalue weighted by Gasteiger charge is 2.06. The smallest absolute Gasteiger partial charge is 0.0234 e. The van der Waals surface area contributed by atoms with Crippen molar-refractivity contribution in [3.05, 3.63) is 42.0 Å². The van der Waals surface area contributed by atoms with Gasteiger partial charge in [-0.3, -0.25) is 4.90 Å². The van der Waals surface area contributed by atoms with Crippen LogP contribution in [-0.4, -0.2) is 57.3 Å². The van der Waals surface area contributed by atoms with Gasteiger partial charge in [-0.15, -0.1) is 0 Å². The number of nitrogens with zero attached hydrogens (tertiary/aromatic N) is 1. The molecule has 1 heterocycles. The van der Waals surface area contributed by atoms with Gasteiger partial charge in [0, 0.05) is 45.8 Å². The lowest BCUT2D eigenvalue weighted by molar-refractivity contribution is 0.265. The van der Waals surface area contributed by atoms with Crippen molar-refractivity contribution in [1.82, 2.24) is 20.9 Å². The lowest BCUT2D eigenvalue weighted by atomic mass is 10.1. The Kier molecular flexibility index (Phi) is 8.20. The fourth-order valence-corrected chi connectivity index (χ4v) is 2.65. The van der Waals surface area contributed by atoms with Gasteiger partial charge in [0.15, 0.2) is 0 Å². The summed E-state index contributed by atoms with van der Waals surface area (Å²) in [6.07, 6.45) is 3.09. The van der Waals surface area contributed by atoms with Crippen LogP contribution in [-0.2, 0) is 6.54 Å². The Balaban J connectivity index is 1.84. The Morgan fingerprint density at radius 1 is 0.864 bits per heavy atom. The molecule has 0 radical (unpaired) electrons. The SMILES string of the molecule is C=Cc1ccc(CN2CCNCCCNCCNCC2)cc1. The molecule has 0 saturated carbocycles. The molecule has 1 aromatic carbocycles. The van der Waals surface area contributed by atoms with Crippen molar-refractivity contribution in [1.29, 1.82) is 0 Å².